The van der Waals surface area contributed by atoms with Crippen molar-refractivity contribution in [3.8, 4) is 10.6 Å². The SMILES string of the molecule is Cc1cc(-c2nc3cccnc3s2)ccc1NC(=O)c1ccc([N+](=O)[O-])cc1Cl. The van der Waals surface area contributed by atoms with Crippen molar-refractivity contribution < 1.29 is 9.72 Å². The van der Waals surface area contributed by atoms with Gasteiger partial charge in [-0.2, -0.15) is 0 Å². The molecule has 0 aliphatic rings. The summed E-state index contributed by atoms with van der Waals surface area (Å²) >= 11 is 7.54. The first-order chi connectivity index (χ1) is 13.9. The Bertz CT molecular complexity index is 1240. The number of nitrogens with one attached hydrogen (secondary N) is 1. The van der Waals surface area contributed by atoms with E-state index in [4.69, 9.17) is 11.6 Å². The fraction of sp³-hybridized carbons (Fsp3) is 0.0500. The van der Waals surface area contributed by atoms with Crippen LogP contribution in [0, 0.1) is 17.0 Å². The highest BCUT2D eigenvalue weighted by Crippen LogP contribution is 2.31. The molecule has 0 unspecified atom stereocenters. The van der Waals surface area contributed by atoms with Crippen LogP contribution in [0.4, 0.5) is 11.4 Å². The molecule has 0 saturated heterocycles. The number of rotatable bonds is 4. The van der Waals surface area contributed by atoms with Crippen LogP contribution >= 0.6 is 22.9 Å². The maximum absolute atomic E-state index is 12.6. The monoisotopic (exact) mass is 424 g/mol. The highest BCUT2D eigenvalue weighted by atomic mass is 35.5. The molecule has 0 fully saturated rings. The number of non-ortho nitro benzene ring substituents is 1. The van der Waals surface area contributed by atoms with Crippen LogP contribution in [-0.4, -0.2) is 20.8 Å². The van der Waals surface area contributed by atoms with Crippen LogP contribution < -0.4 is 5.32 Å². The number of nitro benzene ring substituents is 1. The number of fused-ring (bicyclic) bond motifs is 1. The number of benzene rings is 2. The van der Waals surface area contributed by atoms with E-state index in [1.165, 1.54) is 23.5 Å². The Kier molecular flexibility index (Phi) is 4.96. The number of halogens is 1. The maximum Gasteiger partial charge on any atom is 0.270 e. The normalized spacial score (nSPS) is 10.8. The number of pyridine rings is 1. The molecule has 2 heterocycles. The van der Waals surface area contributed by atoms with E-state index in [0.717, 1.165) is 32.5 Å². The highest BCUT2D eigenvalue weighted by molar-refractivity contribution is 7.21. The van der Waals surface area contributed by atoms with Gasteiger partial charge in [0.05, 0.1) is 15.5 Å². The highest BCUT2D eigenvalue weighted by Gasteiger charge is 2.16. The summed E-state index contributed by atoms with van der Waals surface area (Å²) in [6, 6.07) is 13.1. The van der Waals surface area contributed by atoms with Gasteiger partial charge in [0.15, 0.2) is 0 Å². The van der Waals surface area contributed by atoms with Gasteiger partial charge in [0.25, 0.3) is 11.6 Å². The Morgan fingerprint density at radius 2 is 2.03 bits per heavy atom. The van der Waals surface area contributed by atoms with E-state index < -0.39 is 10.8 Å². The summed E-state index contributed by atoms with van der Waals surface area (Å²) in [6.07, 6.45) is 1.73. The number of hydrogen-bond donors (Lipinski definition) is 1. The number of anilines is 1. The molecule has 4 aromatic rings. The molecule has 2 aromatic carbocycles. The summed E-state index contributed by atoms with van der Waals surface area (Å²) in [5, 5.41) is 14.5. The Morgan fingerprint density at radius 3 is 2.72 bits per heavy atom. The van der Waals surface area contributed by atoms with Crippen LogP contribution in [0.1, 0.15) is 15.9 Å². The van der Waals surface area contributed by atoms with Crippen molar-refractivity contribution in [1.82, 2.24) is 9.97 Å². The van der Waals surface area contributed by atoms with Crippen LogP contribution in [0.15, 0.2) is 54.7 Å². The lowest BCUT2D eigenvalue weighted by Crippen LogP contribution is -2.13. The van der Waals surface area contributed by atoms with Gasteiger partial charge < -0.3 is 5.32 Å². The van der Waals surface area contributed by atoms with Crippen LogP contribution in [0.2, 0.25) is 5.02 Å². The predicted molar refractivity (Wildman–Crippen MR) is 114 cm³/mol. The second-order valence-electron chi connectivity index (χ2n) is 6.25. The van der Waals surface area contributed by atoms with E-state index >= 15 is 0 Å². The number of thiazole rings is 1. The average Bonchev–Trinajstić information content (AvgIpc) is 3.13. The van der Waals surface area contributed by atoms with Gasteiger partial charge in [0.1, 0.15) is 15.4 Å². The van der Waals surface area contributed by atoms with E-state index in [2.05, 4.69) is 15.3 Å². The van der Waals surface area contributed by atoms with Crippen molar-refractivity contribution >= 4 is 50.6 Å². The first kappa shape index (κ1) is 19.0. The molecule has 0 bridgehead atoms. The second-order valence-corrected chi connectivity index (χ2v) is 7.64. The van der Waals surface area contributed by atoms with Gasteiger partial charge in [-0.25, -0.2) is 9.97 Å². The fourth-order valence-corrected chi connectivity index (χ4v) is 3.99. The van der Waals surface area contributed by atoms with Crippen molar-refractivity contribution in [2.24, 2.45) is 0 Å². The number of carbonyl (C=O) groups excluding carboxylic acids is 1. The van der Waals surface area contributed by atoms with E-state index in [-0.39, 0.29) is 16.3 Å². The lowest BCUT2D eigenvalue weighted by Gasteiger charge is -2.10. The summed E-state index contributed by atoms with van der Waals surface area (Å²) in [5.41, 5.74) is 3.23. The van der Waals surface area contributed by atoms with Gasteiger partial charge >= 0.3 is 0 Å². The van der Waals surface area contributed by atoms with E-state index in [1.54, 1.807) is 12.3 Å². The van der Waals surface area contributed by atoms with Crippen molar-refractivity contribution in [2.45, 2.75) is 6.92 Å². The number of aryl methyl sites for hydroxylation is 1. The van der Waals surface area contributed by atoms with Gasteiger partial charge in [0.2, 0.25) is 0 Å². The smallest absolute Gasteiger partial charge is 0.270 e. The molecule has 0 atom stereocenters. The number of hydrogen-bond acceptors (Lipinski definition) is 6. The second kappa shape index (κ2) is 7.57. The molecule has 0 saturated carbocycles. The number of nitrogens with zero attached hydrogens (tertiary/aromatic N) is 3. The quantitative estimate of drug-likeness (QED) is 0.345. The van der Waals surface area contributed by atoms with E-state index in [1.807, 2.05) is 31.2 Å². The third-order valence-electron chi connectivity index (χ3n) is 4.30. The molecule has 9 heteroatoms. The number of carbonyl (C=O) groups is 1. The zero-order chi connectivity index (χ0) is 20.5. The minimum atomic E-state index is -0.562. The molecule has 0 aliphatic carbocycles. The number of aromatic nitrogens is 2. The Balaban J connectivity index is 1.58. The molecule has 1 amide bonds. The zero-order valence-electron chi connectivity index (χ0n) is 15.0. The molecular formula is C20H13ClN4O3S. The maximum atomic E-state index is 12.6. The lowest BCUT2D eigenvalue weighted by molar-refractivity contribution is -0.384. The third kappa shape index (κ3) is 3.80. The molecule has 1 N–H and O–H groups in total. The summed E-state index contributed by atoms with van der Waals surface area (Å²) in [5.74, 6) is -0.440. The largest absolute Gasteiger partial charge is 0.322 e. The standard InChI is InChI=1S/C20H13ClN4O3S/c1-11-9-12(19-24-17-3-2-8-22-20(17)29-19)4-7-16(11)23-18(26)14-6-5-13(25(27)28)10-15(14)21/h2-10H,1H3,(H,23,26). The van der Waals surface area contributed by atoms with Crippen molar-refractivity contribution in [1.29, 1.82) is 0 Å². The van der Waals surface area contributed by atoms with Crippen LogP contribution in [-0.2, 0) is 0 Å². The van der Waals surface area contributed by atoms with Gasteiger partial charge in [-0.15, -0.1) is 0 Å². The van der Waals surface area contributed by atoms with Gasteiger partial charge in [0, 0.05) is 29.6 Å². The minimum absolute atomic E-state index is 0.0212. The van der Waals surface area contributed by atoms with Gasteiger partial charge in [-0.1, -0.05) is 22.9 Å². The van der Waals surface area contributed by atoms with Crippen LogP contribution in [0.25, 0.3) is 20.9 Å². The first-order valence-electron chi connectivity index (χ1n) is 8.50. The lowest BCUT2D eigenvalue weighted by atomic mass is 10.1. The zero-order valence-corrected chi connectivity index (χ0v) is 16.6. The molecule has 144 valence electrons. The van der Waals surface area contributed by atoms with Crippen molar-refractivity contribution in [3.63, 3.8) is 0 Å². The number of nitro groups is 1. The topological polar surface area (TPSA) is 98.0 Å². The molecule has 4 rings (SSSR count). The Hall–Kier alpha value is -3.36. The fourth-order valence-electron chi connectivity index (χ4n) is 2.82. The molecular weight excluding hydrogens is 412 g/mol. The molecule has 29 heavy (non-hydrogen) atoms. The Morgan fingerprint density at radius 1 is 1.21 bits per heavy atom. The molecule has 2 aromatic heterocycles. The summed E-state index contributed by atoms with van der Waals surface area (Å²) in [7, 11) is 0. The molecule has 0 aliphatic heterocycles. The van der Waals surface area contributed by atoms with Gasteiger partial charge in [-0.05, 0) is 48.9 Å². The summed E-state index contributed by atoms with van der Waals surface area (Å²) in [4.78, 5) is 32.6. The molecule has 0 spiro atoms. The van der Waals surface area contributed by atoms with Gasteiger partial charge in [-0.3, -0.25) is 14.9 Å². The van der Waals surface area contributed by atoms with Crippen LogP contribution in [0.3, 0.4) is 0 Å². The molecule has 7 nitrogen and oxygen atoms in total. The summed E-state index contributed by atoms with van der Waals surface area (Å²) < 4.78 is 0. The summed E-state index contributed by atoms with van der Waals surface area (Å²) in [6.45, 7) is 1.88. The van der Waals surface area contributed by atoms with Crippen LogP contribution in [0.5, 0.6) is 0 Å². The minimum Gasteiger partial charge on any atom is -0.322 e. The number of amides is 1. The van der Waals surface area contributed by atoms with E-state index in [9.17, 15) is 14.9 Å². The average molecular weight is 425 g/mol. The molecule has 0 radical (unpaired) electrons. The Labute approximate surface area is 174 Å². The van der Waals surface area contributed by atoms with Crippen molar-refractivity contribution in [3.05, 3.63) is 81.0 Å². The van der Waals surface area contributed by atoms with Crippen molar-refractivity contribution in [2.75, 3.05) is 5.32 Å². The first-order valence-corrected chi connectivity index (χ1v) is 9.69. The third-order valence-corrected chi connectivity index (χ3v) is 5.64. The van der Waals surface area contributed by atoms with E-state index in [0.29, 0.717) is 5.69 Å². The predicted octanol–water partition coefficient (Wildman–Crippen LogP) is 5.48.